The van der Waals surface area contributed by atoms with Gasteiger partial charge in [0.15, 0.2) is 11.6 Å². The minimum absolute atomic E-state index is 0.292. The molecular formula is C16H18BrFN2O. The van der Waals surface area contributed by atoms with Crippen molar-refractivity contribution in [2.45, 2.75) is 43.7 Å². The normalized spacial score (nSPS) is 15.5. The quantitative estimate of drug-likeness (QED) is 0.734. The molecule has 0 amide bonds. The number of aromatic nitrogens is 2. The van der Waals surface area contributed by atoms with Crippen molar-refractivity contribution in [3.8, 4) is 5.75 Å². The zero-order chi connectivity index (χ0) is 14.7. The summed E-state index contributed by atoms with van der Waals surface area (Å²) in [5.74, 6) is -0.0213. The van der Waals surface area contributed by atoms with Crippen LogP contribution in [0.3, 0.4) is 0 Å². The van der Waals surface area contributed by atoms with E-state index in [-0.39, 0.29) is 5.82 Å². The molecule has 1 fully saturated rings. The molecule has 0 unspecified atom stereocenters. The van der Waals surface area contributed by atoms with Crippen LogP contribution in [0.15, 0.2) is 30.5 Å². The Kier molecular flexibility index (Phi) is 4.58. The van der Waals surface area contributed by atoms with Crippen molar-refractivity contribution in [2.24, 2.45) is 0 Å². The summed E-state index contributed by atoms with van der Waals surface area (Å²) >= 11 is 3.35. The van der Waals surface area contributed by atoms with Crippen molar-refractivity contribution in [3.63, 3.8) is 0 Å². The molecule has 0 aliphatic heterocycles. The SMILES string of the molecule is Fc1cccc(CBr)c1OCc1ccn(C2CCCC2)n1. The lowest BCUT2D eigenvalue weighted by molar-refractivity contribution is 0.281. The third-order valence-corrected chi connectivity index (χ3v) is 4.52. The van der Waals surface area contributed by atoms with Crippen LogP contribution in [0, 0.1) is 5.82 Å². The highest BCUT2D eigenvalue weighted by Crippen LogP contribution is 2.29. The predicted molar refractivity (Wildman–Crippen MR) is 83.1 cm³/mol. The van der Waals surface area contributed by atoms with Crippen LogP contribution in [0.5, 0.6) is 5.75 Å². The molecule has 2 aromatic rings. The van der Waals surface area contributed by atoms with Crippen molar-refractivity contribution in [3.05, 3.63) is 47.5 Å². The number of hydrogen-bond acceptors (Lipinski definition) is 2. The Morgan fingerprint density at radius 3 is 2.86 bits per heavy atom. The Balaban J connectivity index is 1.68. The predicted octanol–water partition coefficient (Wildman–Crippen LogP) is 4.61. The second-order valence-electron chi connectivity index (χ2n) is 5.38. The average Bonchev–Trinajstić information content (AvgIpc) is 3.16. The molecule has 0 bridgehead atoms. The van der Waals surface area contributed by atoms with E-state index in [4.69, 9.17) is 4.74 Å². The summed E-state index contributed by atoms with van der Waals surface area (Å²) < 4.78 is 21.5. The molecule has 0 radical (unpaired) electrons. The number of ether oxygens (including phenoxy) is 1. The van der Waals surface area contributed by atoms with Crippen LogP contribution in [0.4, 0.5) is 4.39 Å². The van der Waals surface area contributed by atoms with E-state index in [2.05, 4.69) is 21.0 Å². The first-order valence-corrected chi connectivity index (χ1v) is 8.40. The molecule has 5 heteroatoms. The van der Waals surface area contributed by atoms with Crippen LogP contribution >= 0.6 is 15.9 Å². The van der Waals surface area contributed by atoms with Gasteiger partial charge in [-0.3, -0.25) is 4.68 Å². The first-order chi connectivity index (χ1) is 10.3. The maximum absolute atomic E-state index is 13.8. The zero-order valence-electron chi connectivity index (χ0n) is 11.8. The molecule has 1 heterocycles. The van der Waals surface area contributed by atoms with Gasteiger partial charge in [-0.25, -0.2) is 4.39 Å². The Bertz CT molecular complexity index is 608. The van der Waals surface area contributed by atoms with Crippen molar-refractivity contribution in [2.75, 3.05) is 0 Å². The van der Waals surface area contributed by atoms with E-state index in [9.17, 15) is 4.39 Å². The number of hydrogen-bond donors (Lipinski definition) is 0. The van der Waals surface area contributed by atoms with Crippen LogP contribution in [0.1, 0.15) is 43.0 Å². The second-order valence-corrected chi connectivity index (χ2v) is 5.94. The van der Waals surface area contributed by atoms with Crippen LogP contribution in [-0.2, 0) is 11.9 Å². The van der Waals surface area contributed by atoms with Crippen molar-refractivity contribution >= 4 is 15.9 Å². The van der Waals surface area contributed by atoms with Crippen LogP contribution in [-0.4, -0.2) is 9.78 Å². The highest BCUT2D eigenvalue weighted by Gasteiger charge is 2.18. The summed E-state index contributed by atoms with van der Waals surface area (Å²) in [6.45, 7) is 0.292. The molecule has 1 aliphatic rings. The lowest BCUT2D eigenvalue weighted by Crippen LogP contribution is -2.07. The van der Waals surface area contributed by atoms with Gasteiger partial charge in [0.05, 0.1) is 11.7 Å². The largest absolute Gasteiger partial charge is 0.484 e. The van der Waals surface area contributed by atoms with Gasteiger partial charge in [-0.05, 0) is 25.0 Å². The minimum Gasteiger partial charge on any atom is -0.484 e. The van der Waals surface area contributed by atoms with Gasteiger partial charge in [0.25, 0.3) is 0 Å². The summed E-state index contributed by atoms with van der Waals surface area (Å²) in [6, 6.07) is 7.43. The first-order valence-electron chi connectivity index (χ1n) is 7.28. The molecule has 0 spiro atoms. The standard InChI is InChI=1S/C16H18BrFN2O/c17-10-12-4-3-7-15(18)16(12)21-11-13-8-9-20(19-13)14-5-1-2-6-14/h3-4,7-9,14H,1-2,5-6,10-11H2. The molecule has 112 valence electrons. The summed E-state index contributed by atoms with van der Waals surface area (Å²) in [7, 11) is 0. The molecular weight excluding hydrogens is 335 g/mol. The highest BCUT2D eigenvalue weighted by atomic mass is 79.9. The monoisotopic (exact) mass is 352 g/mol. The lowest BCUT2D eigenvalue weighted by Gasteiger charge is -2.11. The molecule has 3 rings (SSSR count). The van der Waals surface area contributed by atoms with Gasteiger partial charge in [-0.2, -0.15) is 5.10 Å². The van der Waals surface area contributed by atoms with E-state index in [1.165, 1.54) is 31.7 Å². The molecule has 1 saturated carbocycles. The number of halogens is 2. The second kappa shape index (κ2) is 6.60. The summed E-state index contributed by atoms with van der Waals surface area (Å²) in [6.07, 6.45) is 6.95. The van der Waals surface area contributed by atoms with E-state index in [1.807, 2.05) is 23.0 Å². The smallest absolute Gasteiger partial charge is 0.165 e. The summed E-state index contributed by atoms with van der Waals surface area (Å²) in [5.41, 5.74) is 1.65. The topological polar surface area (TPSA) is 27.1 Å². The van der Waals surface area contributed by atoms with Crippen LogP contribution in [0.2, 0.25) is 0 Å². The van der Waals surface area contributed by atoms with Gasteiger partial charge in [0.1, 0.15) is 6.61 Å². The highest BCUT2D eigenvalue weighted by molar-refractivity contribution is 9.08. The third-order valence-electron chi connectivity index (χ3n) is 3.92. The molecule has 1 aromatic carbocycles. The van der Waals surface area contributed by atoms with Gasteiger partial charge >= 0.3 is 0 Å². The molecule has 1 aliphatic carbocycles. The number of rotatable bonds is 5. The van der Waals surface area contributed by atoms with E-state index < -0.39 is 0 Å². The van der Waals surface area contributed by atoms with E-state index >= 15 is 0 Å². The number of benzene rings is 1. The summed E-state index contributed by atoms with van der Waals surface area (Å²) in [4.78, 5) is 0. The number of alkyl halides is 1. The number of nitrogens with zero attached hydrogens (tertiary/aromatic N) is 2. The maximum atomic E-state index is 13.8. The molecule has 0 N–H and O–H groups in total. The van der Waals surface area contributed by atoms with E-state index in [1.54, 1.807) is 6.07 Å². The average molecular weight is 353 g/mol. The van der Waals surface area contributed by atoms with E-state index in [0.29, 0.717) is 23.7 Å². The van der Waals surface area contributed by atoms with Crippen molar-refractivity contribution < 1.29 is 9.13 Å². The van der Waals surface area contributed by atoms with Gasteiger partial charge in [0.2, 0.25) is 0 Å². The molecule has 0 atom stereocenters. The molecule has 3 nitrogen and oxygen atoms in total. The Morgan fingerprint density at radius 1 is 1.29 bits per heavy atom. The van der Waals surface area contributed by atoms with Crippen molar-refractivity contribution in [1.29, 1.82) is 0 Å². The maximum Gasteiger partial charge on any atom is 0.165 e. The molecule has 1 aromatic heterocycles. The third kappa shape index (κ3) is 3.28. The van der Waals surface area contributed by atoms with Gasteiger partial charge in [0, 0.05) is 17.1 Å². The summed E-state index contributed by atoms with van der Waals surface area (Å²) in [5, 5.41) is 5.12. The first kappa shape index (κ1) is 14.6. The van der Waals surface area contributed by atoms with Crippen LogP contribution < -0.4 is 4.74 Å². The fourth-order valence-corrected chi connectivity index (χ4v) is 3.23. The Morgan fingerprint density at radius 2 is 2.10 bits per heavy atom. The van der Waals surface area contributed by atoms with E-state index in [0.717, 1.165) is 11.3 Å². The van der Waals surface area contributed by atoms with Gasteiger partial charge < -0.3 is 4.74 Å². The van der Waals surface area contributed by atoms with Gasteiger partial charge in [-0.15, -0.1) is 0 Å². The van der Waals surface area contributed by atoms with Crippen molar-refractivity contribution in [1.82, 2.24) is 9.78 Å². The lowest BCUT2D eigenvalue weighted by atomic mass is 10.2. The number of para-hydroxylation sites is 1. The fourth-order valence-electron chi connectivity index (χ4n) is 2.79. The molecule has 21 heavy (non-hydrogen) atoms. The Hall–Kier alpha value is -1.36. The minimum atomic E-state index is -0.331. The van der Waals surface area contributed by atoms with Gasteiger partial charge in [-0.1, -0.05) is 40.9 Å². The van der Waals surface area contributed by atoms with Crippen LogP contribution in [0.25, 0.3) is 0 Å². The Labute approximate surface area is 132 Å². The fraction of sp³-hybridized carbons (Fsp3) is 0.438. The zero-order valence-corrected chi connectivity index (χ0v) is 13.4. The molecule has 0 saturated heterocycles.